The Labute approximate surface area is 108 Å². The van der Waals surface area contributed by atoms with E-state index in [4.69, 9.17) is 12.2 Å². The van der Waals surface area contributed by atoms with Crippen LogP contribution in [0.25, 0.3) is 0 Å². The fourth-order valence-corrected chi connectivity index (χ4v) is 1.48. The molecule has 1 aromatic carbocycles. The van der Waals surface area contributed by atoms with Crippen LogP contribution in [0, 0.1) is 5.92 Å². The van der Waals surface area contributed by atoms with Gasteiger partial charge in [0.2, 0.25) is 0 Å². The summed E-state index contributed by atoms with van der Waals surface area (Å²) in [5.74, 6) is 0.447. The van der Waals surface area contributed by atoms with Gasteiger partial charge in [-0.3, -0.25) is 10.1 Å². The molecule has 3 nitrogen and oxygen atoms in total. The summed E-state index contributed by atoms with van der Waals surface area (Å²) in [6.45, 7) is 5.08. The Morgan fingerprint density at radius 2 is 1.94 bits per heavy atom. The quantitative estimate of drug-likeness (QED) is 0.806. The molecular weight excluding hydrogens is 232 g/mol. The second-order valence-corrected chi connectivity index (χ2v) is 4.67. The van der Waals surface area contributed by atoms with Gasteiger partial charge in [-0.2, -0.15) is 0 Å². The van der Waals surface area contributed by atoms with E-state index in [-0.39, 0.29) is 5.91 Å². The molecule has 0 aromatic heterocycles. The first-order chi connectivity index (χ1) is 8.09. The molecule has 0 aliphatic rings. The Bertz CT molecular complexity index is 376. The molecular formula is C13H18N2OS. The van der Waals surface area contributed by atoms with Crippen LogP contribution in [0.3, 0.4) is 0 Å². The molecule has 1 rings (SSSR count). The predicted molar refractivity (Wildman–Crippen MR) is 74.0 cm³/mol. The second-order valence-electron chi connectivity index (χ2n) is 4.26. The number of nitrogens with one attached hydrogen (secondary N) is 2. The Morgan fingerprint density at radius 3 is 2.53 bits per heavy atom. The van der Waals surface area contributed by atoms with Crippen molar-refractivity contribution in [3.8, 4) is 0 Å². The summed E-state index contributed by atoms with van der Waals surface area (Å²) in [5, 5.41) is 6.05. The third-order valence-electron chi connectivity index (χ3n) is 2.27. The molecule has 1 aromatic rings. The van der Waals surface area contributed by atoms with Crippen molar-refractivity contribution in [2.24, 2.45) is 5.92 Å². The highest BCUT2D eigenvalue weighted by atomic mass is 32.1. The van der Waals surface area contributed by atoms with E-state index in [0.29, 0.717) is 16.6 Å². The SMILES string of the molecule is CC(C)CCNC(=S)NC(=O)c1ccccc1. The van der Waals surface area contributed by atoms with Crippen molar-refractivity contribution < 1.29 is 4.79 Å². The van der Waals surface area contributed by atoms with E-state index in [1.807, 2.05) is 18.2 Å². The lowest BCUT2D eigenvalue weighted by Crippen LogP contribution is -2.39. The molecule has 2 N–H and O–H groups in total. The van der Waals surface area contributed by atoms with Crippen molar-refractivity contribution in [2.75, 3.05) is 6.54 Å². The van der Waals surface area contributed by atoms with Crippen LogP contribution in [0.4, 0.5) is 0 Å². The summed E-state index contributed by atoms with van der Waals surface area (Å²) < 4.78 is 0. The standard InChI is InChI=1S/C13H18N2OS/c1-10(2)8-9-14-13(17)15-12(16)11-6-4-3-5-7-11/h3-7,10H,8-9H2,1-2H3,(H2,14,15,16,17). The molecule has 0 fully saturated rings. The van der Waals surface area contributed by atoms with Gasteiger partial charge in [-0.1, -0.05) is 32.0 Å². The number of carbonyl (C=O) groups excluding carboxylic acids is 1. The lowest BCUT2D eigenvalue weighted by molar-refractivity contribution is 0.0976. The fourth-order valence-electron chi connectivity index (χ4n) is 1.28. The smallest absolute Gasteiger partial charge is 0.257 e. The number of benzene rings is 1. The van der Waals surface area contributed by atoms with E-state index in [2.05, 4.69) is 24.5 Å². The highest BCUT2D eigenvalue weighted by molar-refractivity contribution is 7.80. The van der Waals surface area contributed by atoms with Crippen molar-refractivity contribution in [1.29, 1.82) is 0 Å². The number of carbonyl (C=O) groups is 1. The third kappa shape index (κ3) is 5.45. The minimum atomic E-state index is -0.173. The molecule has 0 unspecified atom stereocenters. The van der Waals surface area contributed by atoms with E-state index in [1.54, 1.807) is 12.1 Å². The molecule has 4 heteroatoms. The molecule has 0 aliphatic carbocycles. The number of amides is 1. The first-order valence-electron chi connectivity index (χ1n) is 5.74. The van der Waals surface area contributed by atoms with Gasteiger partial charge in [-0.05, 0) is 36.7 Å². The molecule has 0 bridgehead atoms. The van der Waals surface area contributed by atoms with Crippen molar-refractivity contribution in [2.45, 2.75) is 20.3 Å². The van der Waals surface area contributed by atoms with E-state index in [0.717, 1.165) is 13.0 Å². The van der Waals surface area contributed by atoms with Crippen LogP contribution in [0.1, 0.15) is 30.6 Å². The normalized spacial score (nSPS) is 10.1. The minimum Gasteiger partial charge on any atom is -0.362 e. The zero-order chi connectivity index (χ0) is 12.7. The van der Waals surface area contributed by atoms with Gasteiger partial charge in [0, 0.05) is 12.1 Å². The van der Waals surface area contributed by atoms with E-state index in [1.165, 1.54) is 0 Å². The summed E-state index contributed by atoms with van der Waals surface area (Å²) in [6, 6.07) is 9.03. The van der Waals surface area contributed by atoms with Crippen molar-refractivity contribution in [3.63, 3.8) is 0 Å². The van der Waals surface area contributed by atoms with Crippen LogP contribution >= 0.6 is 12.2 Å². The van der Waals surface area contributed by atoms with Gasteiger partial charge in [-0.25, -0.2) is 0 Å². The number of rotatable bonds is 4. The molecule has 0 radical (unpaired) electrons. The Kier molecular flexibility index (Phi) is 5.63. The maximum Gasteiger partial charge on any atom is 0.257 e. The van der Waals surface area contributed by atoms with Gasteiger partial charge in [0.15, 0.2) is 5.11 Å². The van der Waals surface area contributed by atoms with E-state index in [9.17, 15) is 4.79 Å². The van der Waals surface area contributed by atoms with Gasteiger partial charge < -0.3 is 5.32 Å². The van der Waals surface area contributed by atoms with Crippen molar-refractivity contribution in [1.82, 2.24) is 10.6 Å². The minimum absolute atomic E-state index is 0.173. The van der Waals surface area contributed by atoms with Crippen LogP contribution in [-0.4, -0.2) is 17.6 Å². The highest BCUT2D eigenvalue weighted by Crippen LogP contribution is 1.98. The molecule has 1 amide bonds. The first-order valence-corrected chi connectivity index (χ1v) is 6.14. The lowest BCUT2D eigenvalue weighted by atomic mass is 10.1. The van der Waals surface area contributed by atoms with Crippen LogP contribution in [0.2, 0.25) is 0 Å². The lowest BCUT2D eigenvalue weighted by Gasteiger charge is -2.10. The fraction of sp³-hybridized carbons (Fsp3) is 0.385. The highest BCUT2D eigenvalue weighted by Gasteiger charge is 2.06. The van der Waals surface area contributed by atoms with Crippen LogP contribution < -0.4 is 10.6 Å². The monoisotopic (exact) mass is 250 g/mol. The van der Waals surface area contributed by atoms with Gasteiger partial charge in [0.05, 0.1) is 0 Å². The Hall–Kier alpha value is -1.42. The number of thiocarbonyl (C=S) groups is 1. The molecule has 0 spiro atoms. The summed E-state index contributed by atoms with van der Waals surface area (Å²) in [6.07, 6.45) is 1.03. The summed E-state index contributed by atoms with van der Waals surface area (Å²) in [5.41, 5.74) is 0.612. The van der Waals surface area contributed by atoms with Gasteiger partial charge in [0.25, 0.3) is 5.91 Å². The van der Waals surface area contributed by atoms with Gasteiger partial charge in [0.1, 0.15) is 0 Å². The molecule has 92 valence electrons. The topological polar surface area (TPSA) is 41.1 Å². The molecule has 0 saturated heterocycles. The molecule has 0 saturated carbocycles. The Morgan fingerprint density at radius 1 is 1.29 bits per heavy atom. The Balaban J connectivity index is 2.34. The average Bonchev–Trinajstić information content (AvgIpc) is 2.29. The summed E-state index contributed by atoms with van der Waals surface area (Å²) >= 11 is 5.04. The molecule has 17 heavy (non-hydrogen) atoms. The van der Waals surface area contributed by atoms with E-state index >= 15 is 0 Å². The zero-order valence-electron chi connectivity index (χ0n) is 10.2. The van der Waals surface area contributed by atoms with Gasteiger partial charge in [-0.15, -0.1) is 0 Å². The molecule has 0 atom stereocenters. The zero-order valence-corrected chi connectivity index (χ0v) is 11.0. The van der Waals surface area contributed by atoms with E-state index < -0.39 is 0 Å². The average molecular weight is 250 g/mol. The van der Waals surface area contributed by atoms with Crippen LogP contribution in [0.15, 0.2) is 30.3 Å². The van der Waals surface area contributed by atoms with Crippen LogP contribution in [0.5, 0.6) is 0 Å². The molecule has 0 aliphatic heterocycles. The second kappa shape index (κ2) is 7.01. The summed E-state index contributed by atoms with van der Waals surface area (Å²) in [7, 11) is 0. The van der Waals surface area contributed by atoms with Crippen molar-refractivity contribution in [3.05, 3.63) is 35.9 Å². The van der Waals surface area contributed by atoms with Crippen molar-refractivity contribution >= 4 is 23.2 Å². The largest absolute Gasteiger partial charge is 0.362 e. The first kappa shape index (κ1) is 13.6. The maximum atomic E-state index is 11.7. The number of hydrogen-bond donors (Lipinski definition) is 2. The third-order valence-corrected chi connectivity index (χ3v) is 2.52. The molecule has 0 heterocycles. The maximum absolute atomic E-state index is 11.7. The summed E-state index contributed by atoms with van der Waals surface area (Å²) in [4.78, 5) is 11.7. The van der Waals surface area contributed by atoms with Gasteiger partial charge >= 0.3 is 0 Å². The predicted octanol–water partition coefficient (Wildman–Crippen LogP) is 2.34. The number of hydrogen-bond acceptors (Lipinski definition) is 2. The van der Waals surface area contributed by atoms with Crippen LogP contribution in [-0.2, 0) is 0 Å².